The summed E-state index contributed by atoms with van der Waals surface area (Å²) in [5.41, 5.74) is 1.69. The van der Waals surface area contributed by atoms with Crippen LogP contribution in [0.1, 0.15) is 67.2 Å². The van der Waals surface area contributed by atoms with Crippen molar-refractivity contribution in [2.45, 2.75) is 57.0 Å². The third-order valence-corrected chi connectivity index (χ3v) is 9.90. The Kier molecular flexibility index (Phi) is 9.12. The number of hydrogen-bond donors (Lipinski definition) is 1. The van der Waals surface area contributed by atoms with Gasteiger partial charge in [-0.3, -0.25) is 9.59 Å². The fourth-order valence-corrected chi connectivity index (χ4v) is 7.30. The van der Waals surface area contributed by atoms with Gasteiger partial charge < -0.3 is 19.4 Å². The van der Waals surface area contributed by atoms with E-state index in [1.165, 1.54) is 5.39 Å². The predicted molar refractivity (Wildman–Crippen MR) is 192 cm³/mol. The van der Waals surface area contributed by atoms with Crippen molar-refractivity contribution in [1.82, 2.24) is 5.06 Å². The third kappa shape index (κ3) is 6.00. The van der Waals surface area contributed by atoms with Crippen LogP contribution in [0.4, 0.5) is 0 Å². The molecule has 0 bridgehead atoms. The molecule has 0 aliphatic carbocycles. The number of imide groups is 1. The summed E-state index contributed by atoms with van der Waals surface area (Å²) in [4.78, 5) is 40.6. The van der Waals surface area contributed by atoms with Crippen molar-refractivity contribution in [3.8, 4) is 11.5 Å². The lowest BCUT2D eigenvalue weighted by Crippen LogP contribution is -2.31. The smallest absolute Gasteiger partial charge is 0.333 e. The molecule has 1 aliphatic rings. The number of carbonyl (C=O) groups excluding carboxylic acids is 3. The maximum atomic E-state index is 13.2. The van der Waals surface area contributed by atoms with Crippen molar-refractivity contribution in [2.24, 2.45) is 0 Å². The van der Waals surface area contributed by atoms with Gasteiger partial charge in [0, 0.05) is 24.8 Å². The van der Waals surface area contributed by atoms with Gasteiger partial charge in [0.2, 0.25) is 0 Å². The Morgan fingerprint density at radius 2 is 1.36 bits per heavy atom. The van der Waals surface area contributed by atoms with Crippen LogP contribution in [-0.4, -0.2) is 42.2 Å². The van der Waals surface area contributed by atoms with E-state index in [0.29, 0.717) is 29.2 Å². The number of hydrogen-bond acceptors (Lipinski definition) is 7. The highest BCUT2D eigenvalue weighted by Gasteiger charge is 2.37. The van der Waals surface area contributed by atoms with Crippen LogP contribution < -0.4 is 9.47 Å². The molecule has 1 aliphatic heterocycles. The second-order valence-electron chi connectivity index (χ2n) is 12.9. The molecule has 0 radical (unpaired) electrons. The first-order chi connectivity index (χ1) is 24.3. The molecule has 8 heteroatoms. The minimum Gasteiger partial charge on any atom is -0.497 e. The Balaban J connectivity index is 1.17. The summed E-state index contributed by atoms with van der Waals surface area (Å²) in [6, 6.07) is 32.5. The normalized spacial score (nSPS) is 14.5. The molecule has 0 aromatic heterocycles. The average molecular weight is 670 g/mol. The van der Waals surface area contributed by atoms with Crippen molar-refractivity contribution in [3.63, 3.8) is 0 Å². The van der Waals surface area contributed by atoms with Crippen LogP contribution in [0.3, 0.4) is 0 Å². The van der Waals surface area contributed by atoms with Crippen molar-refractivity contribution < 1.29 is 33.8 Å². The van der Waals surface area contributed by atoms with Crippen molar-refractivity contribution in [1.29, 1.82) is 0 Å². The molecule has 0 spiro atoms. The summed E-state index contributed by atoms with van der Waals surface area (Å²) in [6.07, 6.45) is 4.02. The van der Waals surface area contributed by atoms with Crippen LogP contribution in [0.5, 0.6) is 11.5 Å². The zero-order valence-electron chi connectivity index (χ0n) is 28.2. The van der Waals surface area contributed by atoms with E-state index in [1.807, 2.05) is 48.5 Å². The van der Waals surface area contributed by atoms with Crippen LogP contribution in [0, 0.1) is 0 Å². The molecule has 1 saturated heterocycles. The van der Waals surface area contributed by atoms with E-state index in [1.54, 1.807) is 14.2 Å². The van der Waals surface area contributed by atoms with Gasteiger partial charge in [-0.05, 0) is 92.5 Å². The van der Waals surface area contributed by atoms with Gasteiger partial charge in [-0.15, -0.1) is 5.06 Å². The molecule has 2 amide bonds. The lowest BCUT2D eigenvalue weighted by Gasteiger charge is -2.32. The van der Waals surface area contributed by atoms with Crippen LogP contribution in [0.15, 0.2) is 97.1 Å². The maximum absolute atomic E-state index is 13.2. The predicted octanol–water partition coefficient (Wildman–Crippen LogP) is 7.99. The SMILES string of the molecule is COc1ccc(C(O)(c2ccc(OC)c(CCCCCCC(=O)ON3C(=O)CCC3=O)c2)c2ccc3ccc4cccc5ccc2c3c45)cc1. The second-order valence-corrected chi connectivity index (χ2v) is 12.9. The molecule has 50 heavy (non-hydrogen) atoms. The number of amides is 2. The van der Waals surface area contributed by atoms with E-state index in [2.05, 4.69) is 48.5 Å². The van der Waals surface area contributed by atoms with E-state index in [0.717, 1.165) is 68.6 Å². The topological polar surface area (TPSA) is 102 Å². The summed E-state index contributed by atoms with van der Waals surface area (Å²) in [5, 5.41) is 20.5. The highest BCUT2D eigenvalue weighted by Crippen LogP contribution is 2.45. The fourth-order valence-electron chi connectivity index (χ4n) is 7.30. The molecule has 0 saturated carbocycles. The zero-order chi connectivity index (χ0) is 34.8. The Bertz CT molecular complexity index is 2180. The zero-order valence-corrected chi connectivity index (χ0v) is 28.2. The summed E-state index contributed by atoms with van der Waals surface area (Å²) >= 11 is 0. The summed E-state index contributed by atoms with van der Waals surface area (Å²) in [5.74, 6) is -0.0827. The minimum atomic E-state index is -1.51. The number of hydroxylamine groups is 2. The molecule has 8 nitrogen and oxygen atoms in total. The lowest BCUT2D eigenvalue weighted by molar-refractivity contribution is -0.197. The number of benzene rings is 6. The largest absolute Gasteiger partial charge is 0.497 e. The highest BCUT2D eigenvalue weighted by molar-refractivity contribution is 6.23. The van der Waals surface area contributed by atoms with Crippen LogP contribution in [0.2, 0.25) is 0 Å². The van der Waals surface area contributed by atoms with Crippen LogP contribution in [-0.2, 0) is 31.2 Å². The minimum absolute atomic E-state index is 0.0762. The Morgan fingerprint density at radius 1 is 0.720 bits per heavy atom. The molecule has 1 atom stereocenters. The van der Waals surface area contributed by atoms with Crippen LogP contribution in [0.25, 0.3) is 32.3 Å². The van der Waals surface area contributed by atoms with Crippen molar-refractivity contribution in [2.75, 3.05) is 14.2 Å². The fraction of sp³-hybridized carbons (Fsp3) is 0.262. The Morgan fingerprint density at radius 3 is 2.06 bits per heavy atom. The first kappa shape index (κ1) is 33.0. The van der Waals surface area contributed by atoms with Gasteiger partial charge >= 0.3 is 5.97 Å². The second kappa shape index (κ2) is 13.8. The quantitative estimate of drug-likeness (QED) is 0.0576. The molecular formula is C42H39NO7. The summed E-state index contributed by atoms with van der Waals surface area (Å²) < 4.78 is 11.2. The summed E-state index contributed by atoms with van der Waals surface area (Å²) in [6.45, 7) is 0. The van der Waals surface area contributed by atoms with Gasteiger partial charge in [-0.25, -0.2) is 4.79 Å². The van der Waals surface area contributed by atoms with Crippen molar-refractivity contribution in [3.05, 3.63) is 119 Å². The first-order valence-electron chi connectivity index (χ1n) is 17.1. The van der Waals surface area contributed by atoms with Gasteiger partial charge in [-0.1, -0.05) is 85.6 Å². The number of aliphatic hydroxyl groups is 1. The molecule has 6 aromatic carbocycles. The van der Waals surface area contributed by atoms with Gasteiger partial charge in [0.25, 0.3) is 11.8 Å². The lowest BCUT2D eigenvalue weighted by atomic mass is 9.76. The number of methoxy groups -OCH3 is 2. The number of nitrogens with zero attached hydrogens (tertiary/aromatic N) is 1. The van der Waals surface area contributed by atoms with Gasteiger partial charge in [0.15, 0.2) is 0 Å². The molecular weight excluding hydrogens is 630 g/mol. The maximum Gasteiger partial charge on any atom is 0.333 e. The average Bonchev–Trinajstić information content (AvgIpc) is 3.46. The van der Waals surface area contributed by atoms with Crippen LogP contribution >= 0.6 is 0 Å². The molecule has 1 N–H and O–H groups in total. The Hall–Kier alpha value is -5.47. The Labute approximate surface area is 290 Å². The highest BCUT2D eigenvalue weighted by atomic mass is 16.7. The monoisotopic (exact) mass is 669 g/mol. The number of carbonyl (C=O) groups is 3. The molecule has 1 unspecified atom stereocenters. The van der Waals surface area contributed by atoms with E-state index in [-0.39, 0.29) is 19.3 Å². The van der Waals surface area contributed by atoms with E-state index >= 15 is 0 Å². The molecule has 7 rings (SSSR count). The van der Waals surface area contributed by atoms with E-state index < -0.39 is 23.4 Å². The standard InChI is InChI=1S/C42H39NO7/c1-48-33-19-16-31(17-20-33)42(47,35-22-15-29-13-12-27-9-7-10-28-14-21-34(35)41(29)40(27)28)32-18-23-36(49-2)30(26-32)8-5-3-4-6-11-39(46)50-43-37(44)24-25-38(43)45/h7,9-10,12-23,26,47H,3-6,8,11,24-25H2,1-2H3. The number of unbranched alkanes of at least 4 members (excludes halogenated alkanes) is 3. The number of rotatable bonds is 13. The van der Waals surface area contributed by atoms with E-state index in [4.69, 9.17) is 14.3 Å². The summed E-state index contributed by atoms with van der Waals surface area (Å²) in [7, 11) is 3.28. The van der Waals surface area contributed by atoms with Crippen molar-refractivity contribution >= 4 is 50.1 Å². The molecule has 1 fully saturated rings. The van der Waals surface area contributed by atoms with Gasteiger partial charge in [0.05, 0.1) is 14.2 Å². The number of aryl methyl sites for hydroxylation is 1. The van der Waals surface area contributed by atoms with Gasteiger partial charge in [0.1, 0.15) is 17.1 Å². The first-order valence-corrected chi connectivity index (χ1v) is 17.1. The van der Waals surface area contributed by atoms with E-state index in [9.17, 15) is 19.5 Å². The van der Waals surface area contributed by atoms with Gasteiger partial charge in [-0.2, -0.15) is 0 Å². The molecule has 1 heterocycles. The number of ether oxygens (including phenoxy) is 2. The third-order valence-electron chi connectivity index (χ3n) is 9.90. The molecule has 6 aromatic rings. The molecule has 254 valence electrons.